The molecule has 0 amide bonds. The average molecular weight is 226 g/mol. The first-order valence-corrected chi connectivity index (χ1v) is 6.21. The molecule has 0 radical (unpaired) electrons. The van der Waals surface area contributed by atoms with Crippen LogP contribution in [0.5, 0.6) is 0 Å². The number of Topliss-reactive ketones (excluding diaryl/α,β-unsaturated/α-hetero) is 1. The van der Waals surface area contributed by atoms with Crippen LogP contribution < -0.4 is 0 Å². The zero-order valence-corrected chi connectivity index (χ0v) is 10.3. The van der Waals surface area contributed by atoms with E-state index >= 15 is 0 Å². The van der Waals surface area contributed by atoms with Gasteiger partial charge in [0.15, 0.2) is 5.78 Å². The topological polar surface area (TPSA) is 17.1 Å². The zero-order valence-electron chi connectivity index (χ0n) is 10.3. The van der Waals surface area contributed by atoms with Crippen molar-refractivity contribution in [3.63, 3.8) is 0 Å². The molecule has 17 heavy (non-hydrogen) atoms. The van der Waals surface area contributed by atoms with Crippen LogP contribution >= 0.6 is 0 Å². The molecule has 1 aromatic carbocycles. The first-order valence-electron chi connectivity index (χ1n) is 6.21. The van der Waals surface area contributed by atoms with Crippen molar-refractivity contribution in [1.29, 1.82) is 0 Å². The second-order valence-electron chi connectivity index (χ2n) is 4.55. The summed E-state index contributed by atoms with van der Waals surface area (Å²) < 4.78 is 0. The molecular weight excluding hydrogens is 208 g/mol. The van der Waals surface area contributed by atoms with Crippen molar-refractivity contribution in [3.8, 4) is 0 Å². The molecule has 0 unspecified atom stereocenters. The first kappa shape index (κ1) is 11.8. The quantitative estimate of drug-likeness (QED) is 0.702. The number of hydrogen-bond acceptors (Lipinski definition) is 1. The van der Waals surface area contributed by atoms with Crippen molar-refractivity contribution in [3.05, 3.63) is 59.2 Å². The molecule has 0 bridgehead atoms. The van der Waals surface area contributed by atoms with Gasteiger partial charge in [-0.25, -0.2) is 0 Å². The number of hydrogen-bond donors (Lipinski definition) is 0. The van der Waals surface area contributed by atoms with Gasteiger partial charge in [-0.1, -0.05) is 53.6 Å². The molecule has 0 atom stereocenters. The fraction of sp³-hybridized carbons (Fsp3) is 0.312. The van der Waals surface area contributed by atoms with E-state index in [4.69, 9.17) is 0 Å². The van der Waals surface area contributed by atoms with Gasteiger partial charge in [-0.3, -0.25) is 4.79 Å². The predicted octanol–water partition coefficient (Wildman–Crippen LogP) is 4.23. The fourth-order valence-corrected chi connectivity index (χ4v) is 1.99. The lowest BCUT2D eigenvalue weighted by atomic mass is 9.99. The van der Waals surface area contributed by atoms with E-state index in [0.29, 0.717) is 6.42 Å². The van der Waals surface area contributed by atoms with Gasteiger partial charge in [0.2, 0.25) is 0 Å². The average Bonchev–Trinajstić information content (AvgIpc) is 2.38. The Bertz CT molecular complexity index is 449. The highest BCUT2D eigenvalue weighted by Crippen LogP contribution is 2.16. The van der Waals surface area contributed by atoms with Crippen molar-refractivity contribution in [2.75, 3.05) is 0 Å². The van der Waals surface area contributed by atoms with Gasteiger partial charge < -0.3 is 0 Å². The molecule has 0 spiro atoms. The summed E-state index contributed by atoms with van der Waals surface area (Å²) in [5, 5.41) is 0. The van der Waals surface area contributed by atoms with E-state index in [9.17, 15) is 4.79 Å². The number of carbonyl (C=O) groups is 1. The van der Waals surface area contributed by atoms with Crippen LogP contribution in [0.15, 0.2) is 48.1 Å². The van der Waals surface area contributed by atoms with Gasteiger partial charge in [0.05, 0.1) is 0 Å². The van der Waals surface area contributed by atoms with Gasteiger partial charge in [0, 0.05) is 12.0 Å². The number of benzene rings is 1. The van der Waals surface area contributed by atoms with Gasteiger partial charge in [-0.15, -0.1) is 0 Å². The fourth-order valence-electron chi connectivity index (χ4n) is 1.99. The van der Waals surface area contributed by atoms with Crippen molar-refractivity contribution in [1.82, 2.24) is 0 Å². The molecule has 1 aromatic rings. The minimum Gasteiger partial charge on any atom is -0.294 e. The van der Waals surface area contributed by atoms with Crippen LogP contribution in [0.25, 0.3) is 0 Å². The van der Waals surface area contributed by atoms with Crippen LogP contribution in [0.2, 0.25) is 0 Å². The Kier molecular flexibility index (Phi) is 3.92. The van der Waals surface area contributed by atoms with Crippen LogP contribution in [0.3, 0.4) is 0 Å². The third kappa shape index (κ3) is 3.42. The molecule has 1 heteroatoms. The number of allylic oxidation sites excluding steroid dienone is 4. The third-order valence-corrected chi connectivity index (χ3v) is 3.09. The van der Waals surface area contributed by atoms with Gasteiger partial charge in [0.25, 0.3) is 0 Å². The van der Waals surface area contributed by atoms with Gasteiger partial charge in [-0.2, -0.15) is 0 Å². The summed E-state index contributed by atoms with van der Waals surface area (Å²) >= 11 is 0. The van der Waals surface area contributed by atoms with Crippen LogP contribution in [-0.4, -0.2) is 5.78 Å². The molecule has 0 aliphatic heterocycles. The van der Waals surface area contributed by atoms with Gasteiger partial charge in [0.1, 0.15) is 0 Å². The third-order valence-electron chi connectivity index (χ3n) is 3.09. The second kappa shape index (κ2) is 5.62. The Morgan fingerprint density at radius 2 is 1.94 bits per heavy atom. The summed E-state index contributed by atoms with van der Waals surface area (Å²) in [5.74, 6) is 0.241. The van der Waals surface area contributed by atoms with Crippen molar-refractivity contribution >= 4 is 5.78 Å². The Morgan fingerprint density at radius 3 is 2.59 bits per heavy atom. The maximum atomic E-state index is 11.9. The number of rotatable bonds is 4. The zero-order chi connectivity index (χ0) is 12.1. The lowest BCUT2D eigenvalue weighted by Gasteiger charge is -2.06. The SMILES string of the molecule is Cc1ccc(C(=O)CCC2=CCCC=C2)cc1. The number of aryl methyl sites for hydroxylation is 1. The predicted molar refractivity (Wildman–Crippen MR) is 71.2 cm³/mol. The van der Waals surface area contributed by atoms with E-state index in [-0.39, 0.29) is 5.78 Å². The lowest BCUT2D eigenvalue weighted by molar-refractivity contribution is 0.0983. The first-order chi connectivity index (χ1) is 8.25. The van der Waals surface area contributed by atoms with E-state index in [1.165, 1.54) is 11.1 Å². The Hall–Kier alpha value is -1.63. The highest BCUT2D eigenvalue weighted by Gasteiger charge is 2.06. The summed E-state index contributed by atoms with van der Waals surface area (Å²) in [6.45, 7) is 2.03. The van der Waals surface area contributed by atoms with Gasteiger partial charge >= 0.3 is 0 Å². The summed E-state index contributed by atoms with van der Waals surface area (Å²) in [7, 11) is 0. The molecule has 1 nitrogen and oxygen atoms in total. The summed E-state index contributed by atoms with van der Waals surface area (Å²) in [5.41, 5.74) is 3.33. The molecule has 0 aromatic heterocycles. The minimum absolute atomic E-state index is 0.241. The van der Waals surface area contributed by atoms with Crippen molar-refractivity contribution < 1.29 is 4.79 Å². The summed E-state index contributed by atoms with van der Waals surface area (Å²) in [4.78, 5) is 11.9. The molecule has 0 saturated carbocycles. The molecule has 1 aliphatic rings. The van der Waals surface area contributed by atoms with Crippen molar-refractivity contribution in [2.24, 2.45) is 0 Å². The molecule has 0 saturated heterocycles. The smallest absolute Gasteiger partial charge is 0.163 e. The number of ketones is 1. The standard InChI is InChI=1S/C16H18O/c1-13-7-10-15(11-8-13)16(17)12-9-14-5-3-2-4-6-14/h3,5-8,10-11H,2,4,9,12H2,1H3. The summed E-state index contributed by atoms with van der Waals surface area (Å²) in [6.07, 6.45) is 10.3. The molecular formula is C16H18O. The molecule has 0 N–H and O–H groups in total. The Balaban J connectivity index is 1.91. The highest BCUT2D eigenvalue weighted by atomic mass is 16.1. The van der Waals surface area contributed by atoms with Crippen LogP contribution in [0.4, 0.5) is 0 Å². The monoisotopic (exact) mass is 226 g/mol. The van der Waals surface area contributed by atoms with E-state index in [1.807, 2.05) is 31.2 Å². The molecule has 0 heterocycles. The van der Waals surface area contributed by atoms with Crippen LogP contribution in [0.1, 0.15) is 41.6 Å². The van der Waals surface area contributed by atoms with E-state index < -0.39 is 0 Å². The maximum Gasteiger partial charge on any atom is 0.163 e. The molecule has 2 rings (SSSR count). The van der Waals surface area contributed by atoms with E-state index in [2.05, 4.69) is 18.2 Å². The largest absolute Gasteiger partial charge is 0.294 e. The second-order valence-corrected chi connectivity index (χ2v) is 4.55. The maximum absolute atomic E-state index is 11.9. The Labute approximate surface area is 103 Å². The number of carbonyl (C=O) groups excluding carboxylic acids is 1. The van der Waals surface area contributed by atoms with Crippen LogP contribution in [-0.2, 0) is 0 Å². The summed E-state index contributed by atoms with van der Waals surface area (Å²) in [6, 6.07) is 7.82. The normalized spacial score (nSPS) is 14.5. The molecule has 0 fully saturated rings. The van der Waals surface area contributed by atoms with E-state index in [1.54, 1.807) is 0 Å². The van der Waals surface area contributed by atoms with Crippen LogP contribution in [0, 0.1) is 6.92 Å². The Morgan fingerprint density at radius 1 is 1.18 bits per heavy atom. The highest BCUT2D eigenvalue weighted by molar-refractivity contribution is 5.96. The van der Waals surface area contributed by atoms with Gasteiger partial charge in [-0.05, 0) is 26.2 Å². The van der Waals surface area contributed by atoms with Crippen molar-refractivity contribution in [2.45, 2.75) is 32.6 Å². The van der Waals surface area contributed by atoms with E-state index in [0.717, 1.165) is 24.8 Å². The lowest BCUT2D eigenvalue weighted by Crippen LogP contribution is -1.99. The minimum atomic E-state index is 0.241. The molecule has 88 valence electrons. The molecule has 1 aliphatic carbocycles.